The summed E-state index contributed by atoms with van der Waals surface area (Å²) >= 11 is 4.86. The van der Waals surface area contributed by atoms with Crippen LogP contribution in [-0.2, 0) is 0 Å². The molecule has 0 spiro atoms. The van der Waals surface area contributed by atoms with Gasteiger partial charge in [0.15, 0.2) is 5.17 Å². The van der Waals surface area contributed by atoms with Crippen LogP contribution in [0.5, 0.6) is 0 Å². The molecule has 1 unspecified atom stereocenters. The Morgan fingerprint density at radius 2 is 2.29 bits per heavy atom. The number of nitrogens with zero attached hydrogens (tertiary/aromatic N) is 1. The fourth-order valence-electron chi connectivity index (χ4n) is 1.59. The lowest BCUT2D eigenvalue weighted by atomic mass is 10.2. The minimum absolute atomic E-state index is 0.257. The molecule has 0 fully saturated rings. The molecule has 1 aliphatic rings. The van der Waals surface area contributed by atoms with Gasteiger partial charge in [-0.05, 0) is 53.9 Å². The topological polar surface area (TPSA) is 24.4 Å². The predicted octanol–water partition coefficient (Wildman–Crippen LogP) is 4.19. The van der Waals surface area contributed by atoms with E-state index in [1.54, 1.807) is 17.8 Å². The van der Waals surface area contributed by atoms with Gasteiger partial charge in [0.2, 0.25) is 0 Å². The second-order valence-corrected chi connectivity index (χ2v) is 6.06. The first-order valence-electron chi connectivity index (χ1n) is 5.49. The van der Waals surface area contributed by atoms with Crippen LogP contribution in [0.15, 0.2) is 21.6 Å². The molecule has 5 heteroatoms. The molecule has 1 aromatic carbocycles. The van der Waals surface area contributed by atoms with E-state index in [9.17, 15) is 4.39 Å². The molecule has 0 bridgehead atoms. The van der Waals surface area contributed by atoms with E-state index in [2.05, 4.69) is 33.2 Å². The molecule has 0 saturated carbocycles. The summed E-state index contributed by atoms with van der Waals surface area (Å²) in [5.74, 6) is 0.804. The second kappa shape index (κ2) is 5.40. The van der Waals surface area contributed by atoms with Crippen molar-refractivity contribution in [3.05, 3.63) is 28.0 Å². The first-order valence-corrected chi connectivity index (χ1v) is 7.27. The van der Waals surface area contributed by atoms with Gasteiger partial charge in [0.25, 0.3) is 0 Å². The van der Waals surface area contributed by atoms with Gasteiger partial charge < -0.3 is 5.32 Å². The standard InChI is InChI=1S/C12H14BrFN2S/c1-7-5-9(13)10(14)6-11(7)16-12-15-8(2)3-4-17-12/h5-6,8H,3-4H2,1-2H3,(H,15,16). The summed E-state index contributed by atoms with van der Waals surface area (Å²) in [5, 5.41) is 4.08. The van der Waals surface area contributed by atoms with Gasteiger partial charge in [0, 0.05) is 11.4 Å². The maximum absolute atomic E-state index is 13.5. The van der Waals surface area contributed by atoms with Crippen molar-refractivity contribution in [3.63, 3.8) is 0 Å². The third-order valence-electron chi connectivity index (χ3n) is 2.62. The fraction of sp³-hybridized carbons (Fsp3) is 0.417. The molecule has 2 rings (SSSR count). The Kier molecular flexibility index (Phi) is 4.09. The number of hydrogen-bond acceptors (Lipinski definition) is 3. The summed E-state index contributed by atoms with van der Waals surface area (Å²) in [6.45, 7) is 4.04. The van der Waals surface area contributed by atoms with E-state index in [-0.39, 0.29) is 5.82 Å². The van der Waals surface area contributed by atoms with Crippen molar-refractivity contribution >= 4 is 38.5 Å². The Hall–Kier alpha value is -0.550. The summed E-state index contributed by atoms with van der Waals surface area (Å²) in [7, 11) is 0. The number of halogens is 2. The predicted molar refractivity (Wildman–Crippen MR) is 76.4 cm³/mol. The first-order chi connectivity index (χ1) is 8.06. The van der Waals surface area contributed by atoms with Gasteiger partial charge in [0.05, 0.1) is 10.5 Å². The Bertz CT molecular complexity index is 462. The van der Waals surface area contributed by atoms with Crippen molar-refractivity contribution in [1.29, 1.82) is 0 Å². The van der Waals surface area contributed by atoms with Gasteiger partial charge in [0.1, 0.15) is 5.82 Å². The summed E-state index contributed by atoms with van der Waals surface area (Å²) in [6.07, 6.45) is 1.10. The molecule has 1 aromatic rings. The number of aliphatic imine (C=N–C) groups is 1. The third kappa shape index (κ3) is 3.22. The van der Waals surface area contributed by atoms with Gasteiger partial charge in [-0.25, -0.2) is 4.39 Å². The summed E-state index contributed by atoms with van der Waals surface area (Å²) < 4.78 is 13.9. The SMILES string of the molecule is Cc1cc(Br)c(F)cc1NC1=NC(C)CCS1. The van der Waals surface area contributed by atoms with E-state index in [1.165, 1.54) is 6.07 Å². The minimum Gasteiger partial charge on any atom is -0.335 e. The molecule has 1 aliphatic heterocycles. The molecule has 1 N–H and O–H groups in total. The number of rotatable bonds is 1. The Balaban J connectivity index is 2.21. The Morgan fingerprint density at radius 1 is 1.53 bits per heavy atom. The van der Waals surface area contributed by atoms with Crippen LogP contribution < -0.4 is 5.32 Å². The van der Waals surface area contributed by atoms with E-state index >= 15 is 0 Å². The number of thioether (sulfide) groups is 1. The van der Waals surface area contributed by atoms with Crippen LogP contribution in [0.25, 0.3) is 0 Å². The molecule has 0 aromatic heterocycles. The van der Waals surface area contributed by atoms with E-state index < -0.39 is 0 Å². The quantitative estimate of drug-likeness (QED) is 0.840. The molecular weight excluding hydrogens is 303 g/mol. The maximum Gasteiger partial charge on any atom is 0.161 e. The highest BCUT2D eigenvalue weighted by Gasteiger charge is 2.13. The zero-order valence-electron chi connectivity index (χ0n) is 9.76. The lowest BCUT2D eigenvalue weighted by Gasteiger charge is -2.18. The average molecular weight is 317 g/mol. The smallest absolute Gasteiger partial charge is 0.161 e. The van der Waals surface area contributed by atoms with Crippen molar-refractivity contribution in [1.82, 2.24) is 0 Å². The van der Waals surface area contributed by atoms with Gasteiger partial charge in [-0.2, -0.15) is 0 Å². The zero-order chi connectivity index (χ0) is 12.4. The fourth-order valence-corrected chi connectivity index (χ4v) is 3.14. The van der Waals surface area contributed by atoms with E-state index in [1.807, 2.05) is 6.92 Å². The van der Waals surface area contributed by atoms with E-state index in [0.29, 0.717) is 10.5 Å². The van der Waals surface area contributed by atoms with E-state index in [4.69, 9.17) is 0 Å². The van der Waals surface area contributed by atoms with Crippen LogP contribution in [0, 0.1) is 12.7 Å². The molecule has 0 aliphatic carbocycles. The van der Waals surface area contributed by atoms with Gasteiger partial charge in [-0.1, -0.05) is 11.8 Å². The van der Waals surface area contributed by atoms with Crippen LogP contribution in [0.3, 0.4) is 0 Å². The number of benzene rings is 1. The van der Waals surface area contributed by atoms with Gasteiger partial charge >= 0.3 is 0 Å². The molecule has 0 saturated heterocycles. The zero-order valence-corrected chi connectivity index (χ0v) is 12.2. The van der Waals surface area contributed by atoms with Crippen LogP contribution in [0.2, 0.25) is 0 Å². The molecule has 0 amide bonds. The highest BCUT2D eigenvalue weighted by Crippen LogP contribution is 2.26. The molecule has 17 heavy (non-hydrogen) atoms. The first kappa shape index (κ1) is 12.9. The van der Waals surface area contributed by atoms with Gasteiger partial charge in [-0.15, -0.1) is 0 Å². The Morgan fingerprint density at radius 3 is 3.00 bits per heavy atom. The lowest BCUT2D eigenvalue weighted by Crippen LogP contribution is -2.18. The highest BCUT2D eigenvalue weighted by atomic mass is 79.9. The summed E-state index contributed by atoms with van der Waals surface area (Å²) in [5.41, 5.74) is 1.78. The minimum atomic E-state index is -0.257. The van der Waals surface area contributed by atoms with Gasteiger partial charge in [-0.3, -0.25) is 4.99 Å². The van der Waals surface area contributed by atoms with Crippen molar-refractivity contribution in [2.24, 2.45) is 4.99 Å². The number of hydrogen-bond donors (Lipinski definition) is 1. The van der Waals surface area contributed by atoms with Crippen LogP contribution in [0.1, 0.15) is 18.9 Å². The van der Waals surface area contributed by atoms with E-state index in [0.717, 1.165) is 28.6 Å². The summed E-state index contributed by atoms with van der Waals surface area (Å²) in [4.78, 5) is 4.51. The van der Waals surface area contributed by atoms with Crippen molar-refractivity contribution in [2.45, 2.75) is 26.3 Å². The molecular formula is C12H14BrFN2S. The number of aryl methyl sites for hydroxylation is 1. The normalized spacial score (nSPS) is 20.0. The molecule has 1 atom stereocenters. The third-order valence-corrected chi connectivity index (χ3v) is 4.15. The second-order valence-electron chi connectivity index (χ2n) is 4.13. The monoisotopic (exact) mass is 316 g/mol. The number of amidine groups is 1. The van der Waals surface area contributed by atoms with Crippen LogP contribution in [-0.4, -0.2) is 17.0 Å². The average Bonchev–Trinajstić information content (AvgIpc) is 2.26. The summed E-state index contributed by atoms with van der Waals surface area (Å²) in [6, 6.07) is 3.62. The molecule has 0 radical (unpaired) electrons. The number of nitrogens with one attached hydrogen (secondary N) is 1. The highest BCUT2D eigenvalue weighted by molar-refractivity contribution is 9.10. The molecule has 2 nitrogen and oxygen atoms in total. The Labute approximate surface area is 113 Å². The molecule has 92 valence electrons. The number of anilines is 1. The van der Waals surface area contributed by atoms with Crippen LogP contribution in [0.4, 0.5) is 10.1 Å². The maximum atomic E-state index is 13.5. The van der Waals surface area contributed by atoms with Crippen molar-refractivity contribution in [2.75, 3.05) is 11.1 Å². The van der Waals surface area contributed by atoms with Crippen LogP contribution >= 0.6 is 27.7 Å². The lowest BCUT2D eigenvalue weighted by molar-refractivity contribution is 0.621. The largest absolute Gasteiger partial charge is 0.335 e. The molecule has 1 heterocycles. The van der Waals surface area contributed by atoms with Crippen molar-refractivity contribution < 1.29 is 4.39 Å². The van der Waals surface area contributed by atoms with Crippen molar-refractivity contribution in [3.8, 4) is 0 Å².